The highest BCUT2D eigenvalue weighted by Crippen LogP contribution is 2.54. The maximum Gasteiger partial charge on any atom is -0.00866 e. The average Bonchev–Trinajstić information content (AvgIpc) is 2.88. The van der Waals surface area contributed by atoms with Gasteiger partial charge in [-0.2, -0.15) is 0 Å². The van der Waals surface area contributed by atoms with Crippen molar-refractivity contribution in [1.29, 1.82) is 0 Å². The van der Waals surface area contributed by atoms with Crippen LogP contribution in [-0.4, -0.2) is 0 Å². The molecule has 2 atom stereocenters. The van der Waals surface area contributed by atoms with Crippen LogP contribution in [0.4, 0.5) is 0 Å². The molecule has 0 saturated heterocycles. The third-order valence-corrected chi connectivity index (χ3v) is 5.02. The lowest BCUT2D eigenvalue weighted by Gasteiger charge is -2.31. The number of hydrogen-bond acceptors (Lipinski definition) is 0. The zero-order valence-corrected chi connectivity index (χ0v) is 11.7. The second-order valence-corrected chi connectivity index (χ2v) is 6.33. The second-order valence-electron chi connectivity index (χ2n) is 6.33. The summed E-state index contributed by atoms with van der Waals surface area (Å²) in [6.07, 6.45) is 4.12. The van der Waals surface area contributed by atoms with E-state index in [0.29, 0.717) is 0 Å². The molecule has 0 heterocycles. The SMILES string of the molecule is Cc1ccc2c(c1)C1CCCC1c1cc(C)ccc1-2. The lowest BCUT2D eigenvalue weighted by molar-refractivity contribution is 0.615. The Balaban J connectivity index is 2.02. The molecule has 1 fully saturated rings. The fraction of sp³-hybridized carbons (Fsp3) is 0.368. The zero-order chi connectivity index (χ0) is 13.0. The molecule has 0 aliphatic heterocycles. The molecule has 0 nitrogen and oxygen atoms in total. The Hall–Kier alpha value is -1.56. The number of benzene rings is 2. The molecule has 0 amide bonds. The Kier molecular flexibility index (Phi) is 2.35. The first-order valence-electron chi connectivity index (χ1n) is 7.45. The molecule has 4 rings (SSSR count). The van der Waals surface area contributed by atoms with Crippen LogP contribution >= 0.6 is 0 Å². The summed E-state index contributed by atoms with van der Waals surface area (Å²) in [5, 5.41) is 0. The van der Waals surface area contributed by atoms with Gasteiger partial charge in [-0.1, -0.05) is 53.9 Å². The van der Waals surface area contributed by atoms with Crippen molar-refractivity contribution in [2.75, 3.05) is 0 Å². The molecular weight excluding hydrogens is 228 g/mol. The van der Waals surface area contributed by atoms with Crippen molar-refractivity contribution in [3.63, 3.8) is 0 Å². The molecule has 2 aromatic carbocycles. The second kappa shape index (κ2) is 3.96. The van der Waals surface area contributed by atoms with Crippen LogP contribution in [0.15, 0.2) is 36.4 Å². The Labute approximate surface area is 115 Å². The maximum absolute atomic E-state index is 2.43. The van der Waals surface area contributed by atoms with Gasteiger partial charge >= 0.3 is 0 Å². The van der Waals surface area contributed by atoms with E-state index in [4.69, 9.17) is 0 Å². The summed E-state index contributed by atoms with van der Waals surface area (Å²) in [6.45, 7) is 4.43. The van der Waals surface area contributed by atoms with E-state index in [0.717, 1.165) is 11.8 Å². The highest BCUT2D eigenvalue weighted by atomic mass is 14.4. The van der Waals surface area contributed by atoms with Crippen molar-refractivity contribution in [1.82, 2.24) is 0 Å². The predicted octanol–water partition coefficient (Wildman–Crippen LogP) is 5.34. The Bertz CT molecular complexity index is 594. The first kappa shape index (κ1) is 11.3. The zero-order valence-electron chi connectivity index (χ0n) is 11.7. The third kappa shape index (κ3) is 1.59. The van der Waals surface area contributed by atoms with E-state index in [1.165, 1.54) is 41.5 Å². The van der Waals surface area contributed by atoms with E-state index in [1.807, 2.05) is 0 Å². The molecule has 0 N–H and O–H groups in total. The predicted molar refractivity (Wildman–Crippen MR) is 80.7 cm³/mol. The van der Waals surface area contributed by atoms with Crippen molar-refractivity contribution in [3.05, 3.63) is 58.7 Å². The van der Waals surface area contributed by atoms with Gasteiger partial charge in [0.15, 0.2) is 0 Å². The summed E-state index contributed by atoms with van der Waals surface area (Å²) in [5.74, 6) is 1.54. The third-order valence-electron chi connectivity index (χ3n) is 5.02. The fourth-order valence-corrected chi connectivity index (χ4v) is 4.17. The van der Waals surface area contributed by atoms with Gasteiger partial charge in [0.25, 0.3) is 0 Å². The maximum atomic E-state index is 2.43. The van der Waals surface area contributed by atoms with Crippen LogP contribution in [0, 0.1) is 13.8 Å². The van der Waals surface area contributed by atoms with E-state index in [2.05, 4.69) is 50.2 Å². The van der Waals surface area contributed by atoms with Crippen molar-refractivity contribution < 1.29 is 0 Å². The highest BCUT2D eigenvalue weighted by molar-refractivity contribution is 5.76. The van der Waals surface area contributed by atoms with E-state index in [-0.39, 0.29) is 0 Å². The molecule has 2 aliphatic carbocycles. The molecule has 0 bridgehead atoms. The van der Waals surface area contributed by atoms with Gasteiger partial charge in [-0.15, -0.1) is 0 Å². The Morgan fingerprint density at radius 1 is 0.737 bits per heavy atom. The number of hydrogen-bond donors (Lipinski definition) is 0. The number of aryl methyl sites for hydroxylation is 2. The van der Waals surface area contributed by atoms with Crippen LogP contribution < -0.4 is 0 Å². The van der Waals surface area contributed by atoms with Gasteiger partial charge in [0, 0.05) is 0 Å². The van der Waals surface area contributed by atoms with Gasteiger partial charge in [0.05, 0.1) is 0 Å². The first-order chi connectivity index (χ1) is 9.24. The minimum atomic E-state index is 0.768. The molecule has 0 spiro atoms. The summed E-state index contributed by atoms with van der Waals surface area (Å²) in [7, 11) is 0. The van der Waals surface area contributed by atoms with Crippen LogP contribution in [0.3, 0.4) is 0 Å². The molecule has 0 radical (unpaired) electrons. The molecule has 0 aromatic heterocycles. The van der Waals surface area contributed by atoms with Crippen molar-refractivity contribution >= 4 is 0 Å². The molecule has 2 aromatic rings. The van der Waals surface area contributed by atoms with Gasteiger partial charge in [0.2, 0.25) is 0 Å². The molecular formula is C19H20. The van der Waals surface area contributed by atoms with Crippen molar-refractivity contribution in [2.45, 2.75) is 44.9 Å². The number of fused-ring (bicyclic) bond motifs is 6. The van der Waals surface area contributed by atoms with Crippen molar-refractivity contribution in [2.24, 2.45) is 0 Å². The van der Waals surface area contributed by atoms with E-state index < -0.39 is 0 Å². The smallest absolute Gasteiger partial charge is 0.00866 e. The van der Waals surface area contributed by atoms with Gasteiger partial charge in [0.1, 0.15) is 0 Å². The fourth-order valence-electron chi connectivity index (χ4n) is 4.17. The molecule has 19 heavy (non-hydrogen) atoms. The van der Waals surface area contributed by atoms with Crippen LogP contribution in [0.5, 0.6) is 0 Å². The summed E-state index contributed by atoms with van der Waals surface area (Å²) >= 11 is 0. The standard InChI is InChI=1S/C19H20/c1-12-6-8-16-17-9-7-13(2)11-19(17)15-5-3-4-14(15)18(16)10-12/h6-11,14-15H,3-5H2,1-2H3. The molecule has 2 unspecified atom stereocenters. The molecule has 1 saturated carbocycles. The molecule has 96 valence electrons. The minimum absolute atomic E-state index is 0.768. The lowest BCUT2D eigenvalue weighted by atomic mass is 9.72. The van der Waals surface area contributed by atoms with Gasteiger partial charge in [-0.3, -0.25) is 0 Å². The number of rotatable bonds is 0. The highest BCUT2D eigenvalue weighted by Gasteiger charge is 2.36. The quantitative estimate of drug-likeness (QED) is 0.590. The minimum Gasteiger partial charge on any atom is -0.0587 e. The van der Waals surface area contributed by atoms with Crippen LogP contribution in [0.25, 0.3) is 11.1 Å². The first-order valence-corrected chi connectivity index (χ1v) is 7.45. The topological polar surface area (TPSA) is 0 Å². The van der Waals surface area contributed by atoms with Crippen LogP contribution in [-0.2, 0) is 0 Å². The summed E-state index contributed by atoms with van der Waals surface area (Å²) in [4.78, 5) is 0. The Morgan fingerprint density at radius 2 is 1.21 bits per heavy atom. The summed E-state index contributed by atoms with van der Waals surface area (Å²) in [5.41, 5.74) is 9.00. The van der Waals surface area contributed by atoms with E-state index >= 15 is 0 Å². The monoisotopic (exact) mass is 248 g/mol. The normalized spacial score (nSPS) is 23.7. The summed E-state index contributed by atoms with van der Waals surface area (Å²) < 4.78 is 0. The van der Waals surface area contributed by atoms with E-state index in [9.17, 15) is 0 Å². The average molecular weight is 248 g/mol. The Morgan fingerprint density at radius 3 is 1.68 bits per heavy atom. The largest absolute Gasteiger partial charge is 0.0587 e. The van der Waals surface area contributed by atoms with E-state index in [1.54, 1.807) is 11.1 Å². The van der Waals surface area contributed by atoms with Gasteiger partial charge < -0.3 is 0 Å². The van der Waals surface area contributed by atoms with Gasteiger partial charge in [-0.05, 0) is 60.8 Å². The van der Waals surface area contributed by atoms with Crippen LogP contribution in [0.1, 0.15) is 53.4 Å². The molecule has 2 aliphatic rings. The molecule has 0 heteroatoms. The van der Waals surface area contributed by atoms with Gasteiger partial charge in [-0.25, -0.2) is 0 Å². The van der Waals surface area contributed by atoms with Crippen molar-refractivity contribution in [3.8, 4) is 11.1 Å². The lowest BCUT2D eigenvalue weighted by Crippen LogP contribution is -2.13. The summed E-state index contributed by atoms with van der Waals surface area (Å²) in [6, 6.07) is 14.1. The van der Waals surface area contributed by atoms with Crippen LogP contribution in [0.2, 0.25) is 0 Å².